The van der Waals surface area contributed by atoms with Gasteiger partial charge in [-0.25, -0.2) is 4.39 Å². The minimum absolute atomic E-state index is 0.286. The number of nitrogens with one attached hydrogen (secondary N) is 1. The molecule has 0 saturated carbocycles. The van der Waals surface area contributed by atoms with Crippen molar-refractivity contribution in [3.63, 3.8) is 0 Å². The molecule has 0 fully saturated rings. The molecule has 0 bridgehead atoms. The van der Waals surface area contributed by atoms with Gasteiger partial charge in [0.1, 0.15) is 5.82 Å². The molecule has 0 unspecified atom stereocenters. The molecule has 0 radical (unpaired) electrons. The predicted octanol–water partition coefficient (Wildman–Crippen LogP) is 3.29. The molecule has 1 aromatic rings. The summed E-state index contributed by atoms with van der Waals surface area (Å²) < 4.78 is 12.8. The molecular formula is C12H13ClFN. The largest absolute Gasteiger partial charge is 0.309 e. The summed E-state index contributed by atoms with van der Waals surface area (Å²) in [5, 5.41) is 3.88. The lowest BCUT2D eigenvalue weighted by atomic mass is 10.2. The Morgan fingerprint density at radius 1 is 1.33 bits per heavy atom. The lowest BCUT2D eigenvalue weighted by molar-refractivity contribution is 0.538. The van der Waals surface area contributed by atoms with Gasteiger partial charge in [-0.05, 0) is 30.5 Å². The molecule has 0 aromatic heterocycles. The van der Waals surface area contributed by atoms with Crippen LogP contribution >= 0.6 is 11.6 Å². The van der Waals surface area contributed by atoms with Gasteiger partial charge in [-0.2, -0.15) is 0 Å². The molecule has 0 saturated heterocycles. The summed E-state index contributed by atoms with van der Waals surface area (Å²) in [6.45, 7) is 0.700. The number of hydrogen-bond acceptors (Lipinski definition) is 1. The molecule has 0 heterocycles. The summed E-state index contributed by atoms with van der Waals surface area (Å²) in [4.78, 5) is 0. The highest BCUT2D eigenvalue weighted by Crippen LogP contribution is 2.18. The van der Waals surface area contributed by atoms with E-state index in [0.717, 1.165) is 18.4 Å². The van der Waals surface area contributed by atoms with Gasteiger partial charge in [0.2, 0.25) is 0 Å². The van der Waals surface area contributed by atoms with Gasteiger partial charge in [0.05, 0.1) is 0 Å². The minimum atomic E-state index is -0.286. The van der Waals surface area contributed by atoms with Crippen molar-refractivity contribution in [1.82, 2.24) is 5.32 Å². The van der Waals surface area contributed by atoms with E-state index in [1.54, 1.807) is 6.07 Å². The third-order valence-electron chi connectivity index (χ3n) is 2.60. The molecule has 3 heteroatoms. The molecule has 1 nitrogen and oxygen atoms in total. The van der Waals surface area contributed by atoms with Gasteiger partial charge < -0.3 is 5.32 Å². The third-order valence-corrected chi connectivity index (χ3v) is 2.96. The topological polar surface area (TPSA) is 12.0 Å². The highest BCUT2D eigenvalue weighted by Gasteiger charge is 2.10. The number of rotatable bonds is 3. The fourth-order valence-electron chi connectivity index (χ4n) is 1.70. The van der Waals surface area contributed by atoms with Crippen LogP contribution in [0.25, 0.3) is 0 Å². The monoisotopic (exact) mass is 225 g/mol. The smallest absolute Gasteiger partial charge is 0.124 e. The second-order valence-electron chi connectivity index (χ2n) is 3.76. The molecule has 2 rings (SSSR count). The fraction of sp³-hybridized carbons (Fsp3) is 0.333. The van der Waals surface area contributed by atoms with Gasteiger partial charge in [0.25, 0.3) is 0 Å². The number of benzene rings is 1. The van der Waals surface area contributed by atoms with Crippen LogP contribution in [0.15, 0.2) is 30.4 Å². The number of hydrogen-bond donors (Lipinski definition) is 1. The lowest BCUT2D eigenvalue weighted by Crippen LogP contribution is -2.25. The first-order chi connectivity index (χ1) is 7.25. The van der Waals surface area contributed by atoms with Crippen LogP contribution < -0.4 is 5.32 Å². The summed E-state index contributed by atoms with van der Waals surface area (Å²) in [6, 6.07) is 5.03. The maximum atomic E-state index is 12.8. The van der Waals surface area contributed by atoms with E-state index in [2.05, 4.69) is 17.5 Å². The van der Waals surface area contributed by atoms with Gasteiger partial charge in [-0.3, -0.25) is 0 Å². The van der Waals surface area contributed by atoms with Crippen LogP contribution in [0.3, 0.4) is 0 Å². The van der Waals surface area contributed by atoms with E-state index in [1.165, 1.54) is 12.1 Å². The Morgan fingerprint density at radius 3 is 2.73 bits per heavy atom. The van der Waals surface area contributed by atoms with E-state index < -0.39 is 0 Å². The normalized spacial score (nSPS) is 16.1. The molecule has 1 N–H and O–H groups in total. The standard InChI is InChI=1S/C12H13ClFN/c13-12-7-10(14)6-5-9(12)8-15-11-3-1-2-4-11/h1-2,5-7,11,15H,3-4,8H2. The zero-order chi connectivity index (χ0) is 10.7. The Morgan fingerprint density at radius 2 is 2.07 bits per heavy atom. The third kappa shape index (κ3) is 2.80. The predicted molar refractivity (Wildman–Crippen MR) is 60.4 cm³/mol. The van der Waals surface area contributed by atoms with Crippen molar-refractivity contribution in [2.45, 2.75) is 25.4 Å². The molecule has 80 valence electrons. The van der Waals surface area contributed by atoms with Gasteiger partial charge in [-0.15, -0.1) is 0 Å². The molecule has 0 atom stereocenters. The summed E-state index contributed by atoms with van der Waals surface area (Å²) in [5.74, 6) is -0.286. The Bertz CT molecular complexity index is 368. The summed E-state index contributed by atoms with van der Waals surface area (Å²) >= 11 is 5.92. The van der Waals surface area contributed by atoms with Crippen molar-refractivity contribution in [3.05, 3.63) is 46.8 Å². The van der Waals surface area contributed by atoms with Crippen LogP contribution in [0.5, 0.6) is 0 Å². The molecule has 0 amide bonds. The van der Waals surface area contributed by atoms with Crippen LogP contribution in [0.4, 0.5) is 4.39 Å². The van der Waals surface area contributed by atoms with Crippen molar-refractivity contribution >= 4 is 11.6 Å². The SMILES string of the molecule is Fc1ccc(CNC2CC=CC2)c(Cl)c1. The Balaban J connectivity index is 1.92. The van der Waals surface area contributed by atoms with E-state index in [0.29, 0.717) is 17.6 Å². The Hall–Kier alpha value is -0.860. The zero-order valence-electron chi connectivity index (χ0n) is 8.34. The van der Waals surface area contributed by atoms with Gasteiger partial charge in [0.15, 0.2) is 0 Å². The van der Waals surface area contributed by atoms with Crippen LogP contribution in [0.2, 0.25) is 5.02 Å². The maximum Gasteiger partial charge on any atom is 0.124 e. The lowest BCUT2D eigenvalue weighted by Gasteiger charge is -2.12. The first-order valence-corrected chi connectivity index (χ1v) is 5.46. The zero-order valence-corrected chi connectivity index (χ0v) is 9.10. The van der Waals surface area contributed by atoms with Gasteiger partial charge in [0, 0.05) is 17.6 Å². The Labute approximate surface area is 93.9 Å². The Kier molecular flexibility index (Phi) is 3.39. The van der Waals surface area contributed by atoms with Crippen molar-refractivity contribution in [2.75, 3.05) is 0 Å². The van der Waals surface area contributed by atoms with Crippen molar-refractivity contribution in [3.8, 4) is 0 Å². The minimum Gasteiger partial charge on any atom is -0.309 e. The van der Waals surface area contributed by atoms with Crippen LogP contribution in [0, 0.1) is 5.82 Å². The molecule has 0 spiro atoms. The van der Waals surface area contributed by atoms with Crippen molar-refractivity contribution in [1.29, 1.82) is 0 Å². The fourth-order valence-corrected chi connectivity index (χ4v) is 1.94. The highest BCUT2D eigenvalue weighted by atomic mass is 35.5. The second kappa shape index (κ2) is 4.77. The van der Waals surface area contributed by atoms with Crippen molar-refractivity contribution < 1.29 is 4.39 Å². The maximum absolute atomic E-state index is 12.8. The van der Waals surface area contributed by atoms with Gasteiger partial charge in [-0.1, -0.05) is 29.8 Å². The first kappa shape index (κ1) is 10.7. The van der Waals surface area contributed by atoms with E-state index in [9.17, 15) is 4.39 Å². The molecular weight excluding hydrogens is 213 g/mol. The molecule has 1 aliphatic rings. The quantitative estimate of drug-likeness (QED) is 0.779. The van der Waals surface area contributed by atoms with Crippen LogP contribution in [-0.4, -0.2) is 6.04 Å². The molecule has 1 aliphatic carbocycles. The second-order valence-corrected chi connectivity index (χ2v) is 4.16. The average Bonchev–Trinajstić information content (AvgIpc) is 2.69. The first-order valence-electron chi connectivity index (χ1n) is 5.08. The summed E-state index contributed by atoms with van der Waals surface area (Å²) in [5.41, 5.74) is 0.949. The van der Waals surface area contributed by atoms with Crippen LogP contribution in [-0.2, 0) is 6.54 Å². The van der Waals surface area contributed by atoms with E-state index >= 15 is 0 Å². The van der Waals surface area contributed by atoms with E-state index in [-0.39, 0.29) is 5.82 Å². The molecule has 1 aromatic carbocycles. The van der Waals surface area contributed by atoms with E-state index in [4.69, 9.17) is 11.6 Å². The summed E-state index contributed by atoms with van der Waals surface area (Å²) in [7, 11) is 0. The van der Waals surface area contributed by atoms with Crippen molar-refractivity contribution in [2.24, 2.45) is 0 Å². The number of halogens is 2. The molecule has 0 aliphatic heterocycles. The highest BCUT2D eigenvalue weighted by molar-refractivity contribution is 6.31. The summed E-state index contributed by atoms with van der Waals surface area (Å²) in [6.07, 6.45) is 6.48. The average molecular weight is 226 g/mol. The van der Waals surface area contributed by atoms with Gasteiger partial charge >= 0.3 is 0 Å². The van der Waals surface area contributed by atoms with E-state index in [1.807, 2.05) is 0 Å². The molecule has 15 heavy (non-hydrogen) atoms. The van der Waals surface area contributed by atoms with Crippen LogP contribution in [0.1, 0.15) is 18.4 Å².